The Morgan fingerprint density at radius 3 is 2.59 bits per heavy atom. The van der Waals surface area contributed by atoms with Crippen molar-refractivity contribution < 1.29 is 19.0 Å². The largest absolute Gasteiger partial charge is 0.497 e. The number of hydrogen-bond donors (Lipinski definition) is 2. The van der Waals surface area contributed by atoms with Gasteiger partial charge in [-0.25, -0.2) is 4.39 Å². The van der Waals surface area contributed by atoms with E-state index in [1.54, 1.807) is 31.4 Å². The first-order valence-electron chi connectivity index (χ1n) is 6.56. The fraction of sp³-hybridized carbons (Fsp3) is 0.188. The number of carbonyl (C=O) groups is 1. The third-order valence-corrected chi connectivity index (χ3v) is 3.45. The molecule has 1 atom stereocenters. The van der Waals surface area contributed by atoms with Crippen LogP contribution in [0.15, 0.2) is 42.5 Å². The Labute approximate surface area is 132 Å². The molecule has 0 radical (unpaired) electrons. The van der Waals surface area contributed by atoms with E-state index in [1.807, 2.05) is 0 Å². The first-order chi connectivity index (χ1) is 10.5. The summed E-state index contributed by atoms with van der Waals surface area (Å²) in [6.07, 6.45) is -0.867. The monoisotopic (exact) mass is 323 g/mol. The van der Waals surface area contributed by atoms with Crippen LogP contribution in [0.3, 0.4) is 0 Å². The third-order valence-electron chi connectivity index (χ3n) is 3.13. The van der Waals surface area contributed by atoms with Gasteiger partial charge in [-0.05, 0) is 35.9 Å². The van der Waals surface area contributed by atoms with Gasteiger partial charge in [0, 0.05) is 6.54 Å². The molecule has 1 unspecified atom stereocenters. The van der Waals surface area contributed by atoms with E-state index >= 15 is 0 Å². The molecule has 0 aliphatic heterocycles. The Kier molecular flexibility index (Phi) is 5.35. The molecule has 0 aliphatic rings. The van der Waals surface area contributed by atoms with Gasteiger partial charge in [0.05, 0.1) is 23.8 Å². The number of rotatable bonds is 5. The van der Waals surface area contributed by atoms with Crippen molar-refractivity contribution in [1.29, 1.82) is 0 Å². The maximum absolute atomic E-state index is 12.9. The Hall–Kier alpha value is -2.11. The summed E-state index contributed by atoms with van der Waals surface area (Å²) >= 11 is 5.81. The molecule has 116 valence electrons. The fourth-order valence-corrected chi connectivity index (χ4v) is 2.16. The molecule has 1 amide bonds. The van der Waals surface area contributed by atoms with Crippen LogP contribution in [0, 0.1) is 5.82 Å². The van der Waals surface area contributed by atoms with Gasteiger partial charge in [-0.2, -0.15) is 0 Å². The first-order valence-corrected chi connectivity index (χ1v) is 6.94. The van der Waals surface area contributed by atoms with Crippen molar-refractivity contribution in [3.05, 3.63) is 64.4 Å². The molecule has 2 N–H and O–H groups in total. The Bertz CT molecular complexity index is 661. The molecular weight excluding hydrogens is 309 g/mol. The van der Waals surface area contributed by atoms with Gasteiger partial charge in [0.25, 0.3) is 5.91 Å². The molecule has 2 rings (SSSR count). The van der Waals surface area contributed by atoms with Gasteiger partial charge < -0.3 is 15.2 Å². The van der Waals surface area contributed by atoms with Crippen LogP contribution in [0.2, 0.25) is 5.02 Å². The van der Waals surface area contributed by atoms with Gasteiger partial charge in [0.15, 0.2) is 0 Å². The zero-order chi connectivity index (χ0) is 16.1. The van der Waals surface area contributed by atoms with E-state index in [1.165, 1.54) is 6.07 Å². The topological polar surface area (TPSA) is 58.6 Å². The quantitative estimate of drug-likeness (QED) is 0.889. The molecule has 22 heavy (non-hydrogen) atoms. The minimum atomic E-state index is -0.867. The lowest BCUT2D eigenvalue weighted by atomic mass is 10.1. The normalized spacial score (nSPS) is 11.8. The van der Waals surface area contributed by atoms with Crippen LogP contribution in [0.1, 0.15) is 22.0 Å². The highest BCUT2D eigenvalue weighted by Gasteiger charge is 2.14. The molecule has 0 saturated heterocycles. The van der Waals surface area contributed by atoms with Crippen molar-refractivity contribution in [2.45, 2.75) is 6.10 Å². The van der Waals surface area contributed by atoms with Gasteiger partial charge in [-0.15, -0.1) is 0 Å². The van der Waals surface area contributed by atoms with Crippen molar-refractivity contribution >= 4 is 17.5 Å². The molecule has 0 heterocycles. The highest BCUT2D eigenvalue weighted by molar-refractivity contribution is 6.33. The van der Waals surface area contributed by atoms with Crippen LogP contribution < -0.4 is 10.1 Å². The van der Waals surface area contributed by atoms with Gasteiger partial charge in [-0.3, -0.25) is 4.79 Å². The molecule has 0 bridgehead atoms. The molecule has 2 aromatic rings. The summed E-state index contributed by atoms with van der Waals surface area (Å²) in [6.45, 7) is 0.0128. The van der Waals surface area contributed by atoms with Crippen molar-refractivity contribution in [3.8, 4) is 5.75 Å². The zero-order valence-corrected chi connectivity index (χ0v) is 12.6. The van der Waals surface area contributed by atoms with Crippen LogP contribution in [0.5, 0.6) is 5.75 Å². The van der Waals surface area contributed by atoms with E-state index in [0.29, 0.717) is 11.3 Å². The molecule has 0 fully saturated rings. The van der Waals surface area contributed by atoms with Crippen LogP contribution in [-0.4, -0.2) is 24.7 Å². The van der Waals surface area contributed by atoms with Crippen molar-refractivity contribution in [2.75, 3.05) is 13.7 Å². The third kappa shape index (κ3) is 3.96. The van der Waals surface area contributed by atoms with Gasteiger partial charge in [0.1, 0.15) is 11.6 Å². The van der Waals surface area contributed by atoms with E-state index in [0.717, 1.165) is 12.1 Å². The number of methoxy groups -OCH3 is 1. The number of carbonyl (C=O) groups excluding carboxylic acids is 1. The number of ether oxygens (including phenoxy) is 1. The van der Waals surface area contributed by atoms with Crippen molar-refractivity contribution in [1.82, 2.24) is 5.32 Å². The van der Waals surface area contributed by atoms with E-state index in [9.17, 15) is 14.3 Å². The summed E-state index contributed by atoms with van der Waals surface area (Å²) in [6, 6.07) is 10.4. The second-order valence-electron chi connectivity index (χ2n) is 4.62. The lowest BCUT2D eigenvalue weighted by molar-refractivity contribution is 0.0916. The predicted molar refractivity (Wildman–Crippen MR) is 81.7 cm³/mol. The van der Waals surface area contributed by atoms with Crippen LogP contribution in [0.4, 0.5) is 4.39 Å². The summed E-state index contributed by atoms with van der Waals surface area (Å²) in [5.74, 6) is -0.310. The molecule has 6 heteroatoms. The van der Waals surface area contributed by atoms with Gasteiger partial charge in [0.2, 0.25) is 0 Å². The van der Waals surface area contributed by atoms with E-state index in [4.69, 9.17) is 16.3 Å². The molecule has 0 spiro atoms. The molecule has 4 nitrogen and oxygen atoms in total. The highest BCUT2D eigenvalue weighted by atomic mass is 35.5. The highest BCUT2D eigenvalue weighted by Crippen LogP contribution is 2.19. The minimum absolute atomic E-state index is 0.0128. The maximum atomic E-state index is 12.9. The second kappa shape index (κ2) is 7.24. The average Bonchev–Trinajstić information content (AvgIpc) is 2.52. The summed E-state index contributed by atoms with van der Waals surface area (Å²) in [5.41, 5.74) is 0.802. The van der Waals surface area contributed by atoms with Crippen LogP contribution in [-0.2, 0) is 0 Å². The summed E-state index contributed by atoms with van der Waals surface area (Å²) in [4.78, 5) is 12.0. The first kappa shape index (κ1) is 16.3. The number of aliphatic hydroxyl groups excluding tert-OH is 1. The van der Waals surface area contributed by atoms with Gasteiger partial charge >= 0.3 is 0 Å². The van der Waals surface area contributed by atoms with E-state index in [-0.39, 0.29) is 17.1 Å². The minimum Gasteiger partial charge on any atom is -0.497 e. The smallest absolute Gasteiger partial charge is 0.252 e. The molecular formula is C16H15ClFNO3. The average molecular weight is 324 g/mol. The Balaban J connectivity index is 1.97. The number of hydrogen-bond acceptors (Lipinski definition) is 3. The number of halogens is 2. The Morgan fingerprint density at radius 1 is 1.32 bits per heavy atom. The summed E-state index contributed by atoms with van der Waals surface area (Å²) in [7, 11) is 1.55. The van der Waals surface area contributed by atoms with Gasteiger partial charge in [-0.1, -0.05) is 23.7 Å². The SMILES string of the molecule is COc1ccc(C(O)CNC(=O)c2ccc(F)cc2Cl)cc1. The van der Waals surface area contributed by atoms with Crippen LogP contribution in [0.25, 0.3) is 0 Å². The molecule has 0 aliphatic carbocycles. The number of benzene rings is 2. The van der Waals surface area contributed by atoms with Crippen LogP contribution >= 0.6 is 11.6 Å². The molecule has 2 aromatic carbocycles. The maximum Gasteiger partial charge on any atom is 0.252 e. The predicted octanol–water partition coefficient (Wildman–Crippen LogP) is 2.95. The summed E-state index contributed by atoms with van der Waals surface area (Å²) < 4.78 is 18.0. The second-order valence-corrected chi connectivity index (χ2v) is 5.03. The lowest BCUT2D eigenvalue weighted by Crippen LogP contribution is -2.28. The van der Waals surface area contributed by atoms with E-state index < -0.39 is 17.8 Å². The van der Waals surface area contributed by atoms with Crippen molar-refractivity contribution in [3.63, 3.8) is 0 Å². The molecule has 0 saturated carbocycles. The molecule has 0 aromatic heterocycles. The van der Waals surface area contributed by atoms with E-state index in [2.05, 4.69) is 5.32 Å². The summed E-state index contributed by atoms with van der Waals surface area (Å²) in [5, 5.41) is 12.6. The number of aliphatic hydroxyl groups is 1. The zero-order valence-electron chi connectivity index (χ0n) is 11.8. The standard InChI is InChI=1S/C16H15ClFNO3/c1-22-12-5-2-10(3-6-12)15(20)9-19-16(21)13-7-4-11(18)8-14(13)17/h2-8,15,20H,9H2,1H3,(H,19,21). The number of amides is 1. The Morgan fingerprint density at radius 2 is 2.00 bits per heavy atom. The number of nitrogens with one attached hydrogen (secondary N) is 1. The fourth-order valence-electron chi connectivity index (χ4n) is 1.90. The lowest BCUT2D eigenvalue weighted by Gasteiger charge is -2.13. The van der Waals surface area contributed by atoms with Crippen molar-refractivity contribution in [2.24, 2.45) is 0 Å².